The van der Waals surface area contributed by atoms with Crippen LogP contribution >= 0.6 is 0 Å². The quantitative estimate of drug-likeness (QED) is 0.827. The van der Waals surface area contributed by atoms with Crippen molar-refractivity contribution in [3.05, 3.63) is 12.1 Å². The Morgan fingerprint density at radius 1 is 1.19 bits per heavy atom. The Balaban J connectivity index is 1.53. The van der Waals surface area contributed by atoms with Crippen molar-refractivity contribution in [1.82, 2.24) is 15.1 Å². The van der Waals surface area contributed by atoms with Gasteiger partial charge >= 0.3 is 0 Å². The molecule has 21 heavy (non-hydrogen) atoms. The number of piperazine rings is 1. The van der Waals surface area contributed by atoms with Gasteiger partial charge in [-0.25, -0.2) is 0 Å². The third-order valence-electron chi connectivity index (χ3n) is 4.21. The number of anilines is 2. The van der Waals surface area contributed by atoms with Crippen LogP contribution in [0, 0.1) is 5.92 Å². The summed E-state index contributed by atoms with van der Waals surface area (Å²) >= 11 is 0. The second-order valence-corrected chi connectivity index (χ2v) is 6.16. The Bertz CT molecular complexity index is 489. The van der Waals surface area contributed by atoms with E-state index >= 15 is 0 Å². The molecule has 0 aromatic carbocycles. The van der Waals surface area contributed by atoms with E-state index in [1.807, 2.05) is 36.0 Å². The van der Waals surface area contributed by atoms with Crippen molar-refractivity contribution in [3.8, 4) is 0 Å². The van der Waals surface area contributed by atoms with Crippen molar-refractivity contribution in [2.75, 3.05) is 50.1 Å². The van der Waals surface area contributed by atoms with Gasteiger partial charge in [-0.2, -0.15) is 0 Å². The van der Waals surface area contributed by atoms with E-state index in [0.29, 0.717) is 11.8 Å². The molecule has 1 aromatic rings. The van der Waals surface area contributed by atoms with E-state index < -0.39 is 0 Å². The normalized spacial score (nSPS) is 18.8. The van der Waals surface area contributed by atoms with E-state index in [4.69, 9.17) is 0 Å². The van der Waals surface area contributed by atoms with Gasteiger partial charge in [0.2, 0.25) is 5.91 Å². The van der Waals surface area contributed by atoms with E-state index in [9.17, 15) is 4.79 Å². The maximum atomic E-state index is 12.1. The standard InChI is InChI=1S/C15H23N5O/c1-18(2)13-5-6-14(17-16-13)19-7-9-20(10-8-19)15(21)11-12-3-4-12/h5-6,12H,3-4,7-11H2,1-2H3. The highest BCUT2D eigenvalue weighted by Crippen LogP contribution is 2.33. The summed E-state index contributed by atoms with van der Waals surface area (Å²) < 4.78 is 0. The third kappa shape index (κ3) is 3.43. The number of nitrogens with zero attached hydrogens (tertiary/aromatic N) is 5. The van der Waals surface area contributed by atoms with Crippen molar-refractivity contribution >= 4 is 17.5 Å². The van der Waals surface area contributed by atoms with Crippen LogP contribution in [0.2, 0.25) is 0 Å². The molecule has 0 spiro atoms. The smallest absolute Gasteiger partial charge is 0.222 e. The predicted molar refractivity (Wildman–Crippen MR) is 82.5 cm³/mol. The molecular weight excluding hydrogens is 266 g/mol. The average Bonchev–Trinajstić information content (AvgIpc) is 3.31. The number of amides is 1. The van der Waals surface area contributed by atoms with E-state index in [-0.39, 0.29) is 0 Å². The molecule has 1 aromatic heterocycles. The molecule has 3 rings (SSSR count). The van der Waals surface area contributed by atoms with E-state index in [0.717, 1.165) is 44.2 Å². The molecule has 1 amide bonds. The van der Waals surface area contributed by atoms with Crippen molar-refractivity contribution < 1.29 is 4.79 Å². The fourth-order valence-electron chi connectivity index (χ4n) is 2.61. The summed E-state index contributed by atoms with van der Waals surface area (Å²) in [6.45, 7) is 3.27. The van der Waals surface area contributed by atoms with Gasteiger partial charge in [-0.1, -0.05) is 0 Å². The summed E-state index contributed by atoms with van der Waals surface area (Å²) in [7, 11) is 3.90. The second-order valence-electron chi connectivity index (χ2n) is 6.16. The van der Waals surface area contributed by atoms with Crippen LogP contribution in [0.4, 0.5) is 11.6 Å². The zero-order valence-electron chi connectivity index (χ0n) is 12.8. The van der Waals surface area contributed by atoms with Gasteiger partial charge in [0.1, 0.15) is 0 Å². The lowest BCUT2D eigenvalue weighted by molar-refractivity contribution is -0.131. The van der Waals surface area contributed by atoms with Crippen LogP contribution in [-0.4, -0.2) is 61.3 Å². The van der Waals surface area contributed by atoms with Crippen LogP contribution in [0.1, 0.15) is 19.3 Å². The first-order valence-corrected chi connectivity index (χ1v) is 7.67. The number of rotatable bonds is 4. The fraction of sp³-hybridized carbons (Fsp3) is 0.667. The fourth-order valence-corrected chi connectivity index (χ4v) is 2.61. The molecule has 0 N–H and O–H groups in total. The summed E-state index contributed by atoms with van der Waals surface area (Å²) in [6, 6.07) is 3.98. The maximum absolute atomic E-state index is 12.1. The summed E-state index contributed by atoms with van der Waals surface area (Å²) in [5.41, 5.74) is 0. The largest absolute Gasteiger partial charge is 0.361 e. The van der Waals surface area contributed by atoms with E-state index in [1.54, 1.807) is 0 Å². The first-order chi connectivity index (χ1) is 10.1. The molecule has 6 nitrogen and oxygen atoms in total. The lowest BCUT2D eigenvalue weighted by Gasteiger charge is -2.35. The monoisotopic (exact) mass is 289 g/mol. The Morgan fingerprint density at radius 3 is 2.43 bits per heavy atom. The first-order valence-electron chi connectivity index (χ1n) is 7.67. The topological polar surface area (TPSA) is 52.6 Å². The molecule has 2 fully saturated rings. The molecule has 114 valence electrons. The number of hydrogen-bond acceptors (Lipinski definition) is 5. The van der Waals surface area contributed by atoms with Crippen LogP contribution in [0.3, 0.4) is 0 Å². The highest BCUT2D eigenvalue weighted by molar-refractivity contribution is 5.77. The summed E-state index contributed by atoms with van der Waals surface area (Å²) in [4.78, 5) is 18.2. The number of carbonyl (C=O) groups is 1. The van der Waals surface area contributed by atoms with Gasteiger partial charge < -0.3 is 14.7 Å². The Kier molecular flexibility index (Phi) is 3.94. The summed E-state index contributed by atoms with van der Waals surface area (Å²) in [5, 5.41) is 8.49. The molecule has 6 heteroatoms. The zero-order chi connectivity index (χ0) is 14.8. The summed E-state index contributed by atoms with van der Waals surface area (Å²) in [6.07, 6.45) is 3.22. The van der Waals surface area contributed by atoms with Crippen molar-refractivity contribution in [1.29, 1.82) is 0 Å². The second kappa shape index (κ2) is 5.87. The molecule has 0 radical (unpaired) electrons. The maximum Gasteiger partial charge on any atom is 0.222 e. The molecule has 1 aliphatic carbocycles. The van der Waals surface area contributed by atoms with Gasteiger partial charge in [-0.05, 0) is 30.9 Å². The molecule has 1 aliphatic heterocycles. The number of aromatic nitrogens is 2. The predicted octanol–water partition coefficient (Wildman–Crippen LogP) is 0.991. The Hall–Kier alpha value is -1.85. The van der Waals surface area contributed by atoms with Gasteiger partial charge in [0.15, 0.2) is 11.6 Å². The molecule has 1 saturated carbocycles. The Labute approximate surface area is 125 Å². The molecule has 1 saturated heterocycles. The molecule has 0 atom stereocenters. The lowest BCUT2D eigenvalue weighted by atomic mass is 10.2. The minimum Gasteiger partial charge on any atom is -0.361 e. The summed E-state index contributed by atoms with van der Waals surface area (Å²) in [5.74, 6) is 2.75. The SMILES string of the molecule is CN(C)c1ccc(N2CCN(C(=O)CC3CC3)CC2)nn1. The first kappa shape index (κ1) is 14.1. The van der Waals surface area contributed by atoms with Crippen LogP contribution < -0.4 is 9.80 Å². The van der Waals surface area contributed by atoms with Crippen LogP contribution in [0.15, 0.2) is 12.1 Å². The molecule has 0 unspecified atom stereocenters. The molecule has 2 heterocycles. The van der Waals surface area contributed by atoms with Crippen LogP contribution in [0.5, 0.6) is 0 Å². The number of carbonyl (C=O) groups excluding carboxylic acids is 1. The van der Waals surface area contributed by atoms with Gasteiger partial charge in [0.05, 0.1) is 0 Å². The minimum atomic E-state index is 0.325. The van der Waals surface area contributed by atoms with E-state index in [1.165, 1.54) is 12.8 Å². The molecule has 2 aliphatic rings. The van der Waals surface area contributed by atoms with Gasteiger partial charge in [-0.3, -0.25) is 4.79 Å². The van der Waals surface area contributed by atoms with Gasteiger partial charge in [-0.15, -0.1) is 10.2 Å². The van der Waals surface area contributed by atoms with Crippen molar-refractivity contribution in [2.24, 2.45) is 5.92 Å². The number of hydrogen-bond donors (Lipinski definition) is 0. The highest BCUT2D eigenvalue weighted by Gasteiger charge is 2.28. The van der Waals surface area contributed by atoms with Crippen molar-refractivity contribution in [2.45, 2.75) is 19.3 Å². The van der Waals surface area contributed by atoms with Gasteiger partial charge in [0.25, 0.3) is 0 Å². The Morgan fingerprint density at radius 2 is 1.90 bits per heavy atom. The molecule has 0 bridgehead atoms. The van der Waals surface area contributed by atoms with Crippen molar-refractivity contribution in [3.63, 3.8) is 0 Å². The third-order valence-corrected chi connectivity index (χ3v) is 4.21. The highest BCUT2D eigenvalue weighted by atomic mass is 16.2. The zero-order valence-corrected chi connectivity index (χ0v) is 12.8. The lowest BCUT2D eigenvalue weighted by Crippen LogP contribution is -2.49. The molecular formula is C15H23N5O. The van der Waals surface area contributed by atoms with Crippen LogP contribution in [-0.2, 0) is 4.79 Å². The minimum absolute atomic E-state index is 0.325. The van der Waals surface area contributed by atoms with Crippen LogP contribution in [0.25, 0.3) is 0 Å². The van der Waals surface area contributed by atoms with Gasteiger partial charge in [0, 0.05) is 46.7 Å². The van der Waals surface area contributed by atoms with E-state index in [2.05, 4.69) is 15.1 Å². The average molecular weight is 289 g/mol.